The van der Waals surface area contributed by atoms with Crippen LogP contribution in [0.2, 0.25) is 0 Å². The van der Waals surface area contributed by atoms with Crippen molar-refractivity contribution in [1.29, 1.82) is 0 Å². The monoisotopic (exact) mass is 365 g/mol. The second-order valence-corrected chi connectivity index (χ2v) is 7.60. The van der Waals surface area contributed by atoms with Crippen molar-refractivity contribution in [2.45, 2.75) is 25.3 Å². The molecule has 2 aromatic heterocycles. The quantitative estimate of drug-likeness (QED) is 0.682. The van der Waals surface area contributed by atoms with Crippen LogP contribution in [-0.4, -0.2) is 39.9 Å². The van der Waals surface area contributed by atoms with Gasteiger partial charge in [0.25, 0.3) is 5.56 Å². The van der Waals surface area contributed by atoms with Gasteiger partial charge < -0.3 is 19.6 Å². The maximum absolute atomic E-state index is 12.2. The lowest BCUT2D eigenvalue weighted by Crippen LogP contribution is -2.15. The molecule has 140 valence electrons. The van der Waals surface area contributed by atoms with Gasteiger partial charge in [0.2, 0.25) is 0 Å². The minimum atomic E-state index is -0.552. The fourth-order valence-corrected chi connectivity index (χ4v) is 3.76. The SMILES string of the molecule is CN(C)Cc1cc2cc(-c3[nH]c(=O)c(C=O)c(O)c3C3CC3)ccc2n1C. The molecule has 0 aliphatic heterocycles. The van der Waals surface area contributed by atoms with Gasteiger partial charge in [-0.3, -0.25) is 9.59 Å². The highest BCUT2D eigenvalue weighted by atomic mass is 16.3. The molecular weight excluding hydrogens is 342 g/mol. The van der Waals surface area contributed by atoms with Crippen LogP contribution in [0.25, 0.3) is 22.2 Å². The summed E-state index contributed by atoms with van der Waals surface area (Å²) in [6.45, 7) is 0.833. The van der Waals surface area contributed by atoms with Crippen molar-refractivity contribution in [3.05, 3.63) is 51.4 Å². The second-order valence-electron chi connectivity index (χ2n) is 7.60. The van der Waals surface area contributed by atoms with Gasteiger partial charge in [0.15, 0.2) is 6.29 Å². The molecule has 0 radical (unpaired) electrons. The second kappa shape index (κ2) is 6.39. The first-order valence-electron chi connectivity index (χ1n) is 9.08. The number of hydrogen-bond acceptors (Lipinski definition) is 4. The van der Waals surface area contributed by atoms with Crippen LogP contribution in [-0.2, 0) is 13.6 Å². The molecule has 6 nitrogen and oxygen atoms in total. The standard InChI is InChI=1S/C21H23N3O3/c1-23(2)10-15-9-14-8-13(6-7-17(14)24(15)3)19-18(12-4-5-12)20(26)16(11-25)21(27)22-19/h6-9,11-12H,4-5,10H2,1-3H3,(H2,22,26,27). The van der Waals surface area contributed by atoms with E-state index in [1.165, 1.54) is 5.69 Å². The van der Waals surface area contributed by atoms with Crippen LogP contribution < -0.4 is 5.56 Å². The Kier molecular flexibility index (Phi) is 4.15. The lowest BCUT2D eigenvalue weighted by molar-refractivity contribution is 0.111. The molecule has 0 unspecified atom stereocenters. The highest BCUT2D eigenvalue weighted by Gasteiger charge is 2.32. The average molecular weight is 365 g/mol. The van der Waals surface area contributed by atoms with Gasteiger partial charge in [0, 0.05) is 35.8 Å². The zero-order valence-electron chi connectivity index (χ0n) is 15.7. The number of aromatic nitrogens is 2. The fraction of sp³-hybridized carbons (Fsp3) is 0.333. The summed E-state index contributed by atoms with van der Waals surface area (Å²) in [7, 11) is 6.11. The molecule has 1 aromatic carbocycles. The van der Waals surface area contributed by atoms with E-state index in [1.807, 2.05) is 39.3 Å². The number of aromatic hydroxyl groups is 1. The van der Waals surface area contributed by atoms with Crippen LogP contribution in [0.4, 0.5) is 0 Å². The molecule has 0 saturated heterocycles. The zero-order valence-corrected chi connectivity index (χ0v) is 15.7. The highest BCUT2D eigenvalue weighted by molar-refractivity contribution is 5.88. The van der Waals surface area contributed by atoms with Crippen molar-refractivity contribution in [2.75, 3.05) is 14.1 Å². The lowest BCUT2D eigenvalue weighted by Gasteiger charge is -2.13. The first kappa shape index (κ1) is 17.5. The molecule has 0 spiro atoms. The van der Waals surface area contributed by atoms with Crippen LogP contribution in [0.15, 0.2) is 29.1 Å². The average Bonchev–Trinajstić information content (AvgIpc) is 3.40. The molecule has 1 aliphatic rings. The van der Waals surface area contributed by atoms with Crippen molar-refractivity contribution in [3.8, 4) is 17.0 Å². The number of fused-ring (bicyclic) bond motifs is 1. The number of benzene rings is 1. The Morgan fingerprint density at radius 3 is 2.67 bits per heavy atom. The van der Waals surface area contributed by atoms with Crippen molar-refractivity contribution in [1.82, 2.24) is 14.5 Å². The molecule has 2 N–H and O–H groups in total. The van der Waals surface area contributed by atoms with Gasteiger partial charge in [0.05, 0.1) is 5.69 Å². The molecule has 0 bridgehead atoms. The number of aldehydes is 1. The summed E-state index contributed by atoms with van der Waals surface area (Å²) in [5.74, 6) is 0.0130. The van der Waals surface area contributed by atoms with Crippen LogP contribution in [0.1, 0.15) is 40.4 Å². The van der Waals surface area contributed by atoms with E-state index in [-0.39, 0.29) is 17.2 Å². The summed E-state index contributed by atoms with van der Waals surface area (Å²) in [6, 6.07) is 8.17. The van der Waals surface area contributed by atoms with Gasteiger partial charge in [-0.15, -0.1) is 0 Å². The van der Waals surface area contributed by atoms with Crippen molar-refractivity contribution >= 4 is 17.2 Å². The molecule has 3 aromatic rings. The van der Waals surface area contributed by atoms with E-state index in [4.69, 9.17) is 0 Å². The minimum absolute atomic E-state index is 0.173. The van der Waals surface area contributed by atoms with E-state index in [0.717, 1.165) is 35.9 Å². The molecule has 2 heterocycles. The third-order valence-electron chi connectivity index (χ3n) is 5.27. The molecule has 4 rings (SSSR count). The molecule has 1 saturated carbocycles. The first-order valence-corrected chi connectivity index (χ1v) is 9.08. The number of pyridine rings is 1. The molecule has 0 amide bonds. The number of nitrogens with one attached hydrogen (secondary N) is 1. The van der Waals surface area contributed by atoms with E-state index in [0.29, 0.717) is 17.5 Å². The summed E-state index contributed by atoms with van der Waals surface area (Å²) in [5, 5.41) is 11.6. The van der Waals surface area contributed by atoms with Crippen LogP contribution >= 0.6 is 0 Å². The number of carbonyl (C=O) groups is 1. The van der Waals surface area contributed by atoms with Crippen LogP contribution in [0.5, 0.6) is 5.75 Å². The summed E-state index contributed by atoms with van der Waals surface area (Å²) >= 11 is 0. The van der Waals surface area contributed by atoms with E-state index < -0.39 is 5.56 Å². The summed E-state index contributed by atoms with van der Waals surface area (Å²) in [5.41, 5.74) is 3.71. The number of H-pyrrole nitrogens is 1. The maximum atomic E-state index is 12.2. The van der Waals surface area contributed by atoms with Gasteiger partial charge in [-0.05, 0) is 56.6 Å². The maximum Gasteiger partial charge on any atom is 0.262 e. The topological polar surface area (TPSA) is 78.3 Å². The summed E-state index contributed by atoms with van der Waals surface area (Å²) in [4.78, 5) is 28.4. The molecule has 1 aliphatic carbocycles. The van der Waals surface area contributed by atoms with Gasteiger partial charge >= 0.3 is 0 Å². The molecule has 6 heteroatoms. The fourth-order valence-electron chi connectivity index (χ4n) is 3.76. The Morgan fingerprint density at radius 2 is 2.04 bits per heavy atom. The smallest absolute Gasteiger partial charge is 0.262 e. The third-order valence-corrected chi connectivity index (χ3v) is 5.27. The molecule has 0 atom stereocenters. The van der Waals surface area contributed by atoms with E-state index >= 15 is 0 Å². The Morgan fingerprint density at radius 1 is 1.30 bits per heavy atom. The molecular formula is C21H23N3O3. The lowest BCUT2D eigenvalue weighted by atomic mass is 9.98. The number of rotatable bonds is 5. The van der Waals surface area contributed by atoms with E-state index in [2.05, 4.69) is 20.5 Å². The Labute approximate surface area is 157 Å². The van der Waals surface area contributed by atoms with Crippen molar-refractivity contribution in [2.24, 2.45) is 7.05 Å². The molecule has 27 heavy (non-hydrogen) atoms. The number of aryl methyl sites for hydroxylation is 1. The minimum Gasteiger partial charge on any atom is -0.507 e. The van der Waals surface area contributed by atoms with E-state index in [1.54, 1.807) is 0 Å². The van der Waals surface area contributed by atoms with Gasteiger partial charge in [0.1, 0.15) is 11.3 Å². The number of nitrogens with zero attached hydrogens (tertiary/aromatic N) is 2. The number of hydrogen-bond donors (Lipinski definition) is 2. The predicted octanol–water partition coefficient (Wildman–Crippen LogP) is 2.99. The van der Waals surface area contributed by atoms with Gasteiger partial charge in [-0.2, -0.15) is 0 Å². The third kappa shape index (κ3) is 2.96. The summed E-state index contributed by atoms with van der Waals surface area (Å²) < 4.78 is 2.16. The first-order chi connectivity index (χ1) is 12.9. The normalized spacial score (nSPS) is 14.2. The Balaban J connectivity index is 1.90. The Bertz CT molecular complexity index is 1100. The van der Waals surface area contributed by atoms with E-state index in [9.17, 15) is 14.7 Å². The largest absolute Gasteiger partial charge is 0.507 e. The molecule has 1 fully saturated rings. The van der Waals surface area contributed by atoms with Crippen molar-refractivity contribution in [3.63, 3.8) is 0 Å². The summed E-state index contributed by atoms with van der Waals surface area (Å²) in [6.07, 6.45) is 2.33. The van der Waals surface area contributed by atoms with Crippen molar-refractivity contribution < 1.29 is 9.90 Å². The number of carbonyl (C=O) groups excluding carboxylic acids is 1. The van der Waals surface area contributed by atoms with Gasteiger partial charge in [-0.1, -0.05) is 6.07 Å². The van der Waals surface area contributed by atoms with Crippen LogP contribution in [0, 0.1) is 0 Å². The van der Waals surface area contributed by atoms with Crippen LogP contribution in [0.3, 0.4) is 0 Å². The number of aromatic amines is 1. The zero-order chi connectivity index (χ0) is 19.3. The predicted molar refractivity (Wildman–Crippen MR) is 105 cm³/mol. The Hall–Kier alpha value is -2.86. The van der Waals surface area contributed by atoms with Gasteiger partial charge in [-0.25, -0.2) is 0 Å². The highest BCUT2D eigenvalue weighted by Crippen LogP contribution is 2.48.